The van der Waals surface area contributed by atoms with Gasteiger partial charge in [-0.1, -0.05) is 41.9 Å². The fourth-order valence-electron chi connectivity index (χ4n) is 2.27. The summed E-state index contributed by atoms with van der Waals surface area (Å²) in [5, 5.41) is 9.34. The van der Waals surface area contributed by atoms with Crippen molar-refractivity contribution < 1.29 is 14.7 Å². The van der Waals surface area contributed by atoms with Gasteiger partial charge in [-0.05, 0) is 17.7 Å². The highest BCUT2D eigenvalue weighted by atomic mass is 35.5. The Morgan fingerprint density at radius 1 is 0.842 bits per heavy atom. The molecular formula is C15H9ClO3. The zero-order valence-corrected chi connectivity index (χ0v) is 10.5. The minimum Gasteiger partial charge on any atom is -0.373 e. The first-order chi connectivity index (χ1) is 9.09. The van der Waals surface area contributed by atoms with Gasteiger partial charge in [-0.2, -0.15) is 0 Å². The minimum absolute atomic E-state index is 0.180. The average Bonchev–Trinajstić information content (AvgIpc) is 2.44. The molecule has 1 atom stereocenters. The molecule has 0 spiro atoms. The highest BCUT2D eigenvalue weighted by Gasteiger charge is 2.29. The lowest BCUT2D eigenvalue weighted by Gasteiger charge is -2.18. The Morgan fingerprint density at radius 3 is 1.95 bits per heavy atom. The van der Waals surface area contributed by atoms with Crippen molar-refractivity contribution in [2.45, 2.75) is 5.56 Å². The number of hydrogen-bond donors (Lipinski definition) is 1. The Kier molecular flexibility index (Phi) is 2.73. The van der Waals surface area contributed by atoms with Crippen LogP contribution >= 0.6 is 11.6 Å². The van der Waals surface area contributed by atoms with Gasteiger partial charge >= 0.3 is 0 Å². The van der Waals surface area contributed by atoms with Gasteiger partial charge in [0, 0.05) is 22.3 Å². The van der Waals surface area contributed by atoms with Crippen molar-refractivity contribution in [2.75, 3.05) is 0 Å². The summed E-state index contributed by atoms with van der Waals surface area (Å²) < 4.78 is 0. The smallest absolute Gasteiger partial charge is 0.194 e. The van der Waals surface area contributed by atoms with Gasteiger partial charge in [0.25, 0.3) is 0 Å². The van der Waals surface area contributed by atoms with E-state index in [0.717, 1.165) is 0 Å². The van der Waals surface area contributed by atoms with Gasteiger partial charge in [0.2, 0.25) is 0 Å². The van der Waals surface area contributed by atoms with Gasteiger partial charge in [-0.3, -0.25) is 9.59 Å². The number of halogens is 1. The van der Waals surface area contributed by atoms with Gasteiger partial charge in [0.15, 0.2) is 17.1 Å². The molecular weight excluding hydrogens is 264 g/mol. The molecule has 0 saturated heterocycles. The average molecular weight is 273 g/mol. The summed E-state index contributed by atoms with van der Waals surface area (Å²) in [5.41, 5.74) is 0.664. The molecule has 1 N–H and O–H groups in total. The highest BCUT2D eigenvalue weighted by molar-refractivity contribution is 6.28. The quantitative estimate of drug-likeness (QED) is 0.693. The molecule has 0 fully saturated rings. The van der Waals surface area contributed by atoms with Crippen LogP contribution in [0.15, 0.2) is 42.5 Å². The number of carbonyl (C=O) groups is 2. The maximum Gasteiger partial charge on any atom is 0.194 e. The van der Waals surface area contributed by atoms with Crippen LogP contribution in [0, 0.1) is 0 Å². The van der Waals surface area contributed by atoms with Crippen molar-refractivity contribution >= 4 is 23.2 Å². The fourth-order valence-corrected chi connectivity index (χ4v) is 2.40. The van der Waals surface area contributed by atoms with E-state index in [9.17, 15) is 14.7 Å². The van der Waals surface area contributed by atoms with Crippen molar-refractivity contribution in [1.82, 2.24) is 0 Å². The molecule has 2 aromatic carbocycles. The molecule has 0 amide bonds. The van der Waals surface area contributed by atoms with Gasteiger partial charge in [-0.25, -0.2) is 0 Å². The molecule has 0 bridgehead atoms. The minimum atomic E-state index is -1.19. The summed E-state index contributed by atoms with van der Waals surface area (Å²) in [5.74, 6) is -0.398. The topological polar surface area (TPSA) is 54.4 Å². The SMILES string of the molecule is O=C1c2ccccc2C(=O)c2cc(C(O)Cl)ccc21. The van der Waals surface area contributed by atoms with E-state index in [4.69, 9.17) is 11.6 Å². The Morgan fingerprint density at radius 2 is 1.37 bits per heavy atom. The largest absolute Gasteiger partial charge is 0.373 e. The predicted molar refractivity (Wildman–Crippen MR) is 70.6 cm³/mol. The number of fused-ring (bicyclic) bond motifs is 2. The first-order valence-electron chi connectivity index (χ1n) is 5.74. The van der Waals surface area contributed by atoms with Crippen LogP contribution in [0.25, 0.3) is 0 Å². The molecule has 2 aromatic rings. The summed E-state index contributed by atoms with van der Waals surface area (Å²) in [6, 6.07) is 11.3. The van der Waals surface area contributed by atoms with E-state index >= 15 is 0 Å². The second-order valence-corrected chi connectivity index (χ2v) is 4.76. The van der Waals surface area contributed by atoms with Crippen LogP contribution in [0.4, 0.5) is 0 Å². The van der Waals surface area contributed by atoms with E-state index in [1.807, 2.05) is 0 Å². The van der Waals surface area contributed by atoms with Crippen LogP contribution in [0.3, 0.4) is 0 Å². The molecule has 94 valence electrons. The van der Waals surface area contributed by atoms with E-state index in [-0.39, 0.29) is 11.6 Å². The van der Waals surface area contributed by atoms with Crippen molar-refractivity contribution in [3.8, 4) is 0 Å². The fraction of sp³-hybridized carbons (Fsp3) is 0.0667. The molecule has 19 heavy (non-hydrogen) atoms. The summed E-state index contributed by atoms with van der Waals surface area (Å²) in [6.45, 7) is 0. The molecule has 3 nitrogen and oxygen atoms in total. The third kappa shape index (κ3) is 1.79. The normalized spacial score (nSPS) is 14.8. The van der Waals surface area contributed by atoms with Gasteiger partial charge < -0.3 is 5.11 Å². The third-order valence-corrected chi connectivity index (χ3v) is 3.48. The summed E-state index contributed by atoms with van der Waals surface area (Å²) in [6.07, 6.45) is 0. The number of rotatable bonds is 1. The second-order valence-electron chi connectivity index (χ2n) is 4.34. The maximum atomic E-state index is 12.4. The molecule has 0 aliphatic heterocycles. The lowest BCUT2D eigenvalue weighted by Crippen LogP contribution is -2.21. The van der Waals surface area contributed by atoms with Crippen LogP contribution in [0.2, 0.25) is 0 Å². The van der Waals surface area contributed by atoms with Crippen LogP contribution in [-0.2, 0) is 0 Å². The van der Waals surface area contributed by atoms with E-state index in [0.29, 0.717) is 27.8 Å². The van der Waals surface area contributed by atoms with Gasteiger partial charge in [-0.15, -0.1) is 0 Å². The number of aliphatic hydroxyl groups excluding tert-OH is 1. The van der Waals surface area contributed by atoms with Crippen molar-refractivity contribution in [1.29, 1.82) is 0 Å². The number of carbonyl (C=O) groups excluding carboxylic acids is 2. The number of benzene rings is 2. The molecule has 0 heterocycles. The number of aliphatic hydroxyl groups is 1. The van der Waals surface area contributed by atoms with Crippen molar-refractivity contribution in [2.24, 2.45) is 0 Å². The standard InChI is InChI=1S/C15H9ClO3/c16-15(19)8-5-6-11-12(7-8)14(18)10-4-2-1-3-9(10)13(11)17/h1-7,15,19H. The zero-order valence-electron chi connectivity index (χ0n) is 9.76. The van der Waals surface area contributed by atoms with E-state index < -0.39 is 5.56 Å². The van der Waals surface area contributed by atoms with E-state index in [1.54, 1.807) is 30.3 Å². The first-order valence-corrected chi connectivity index (χ1v) is 6.18. The van der Waals surface area contributed by atoms with Gasteiger partial charge in [0.1, 0.15) is 0 Å². The number of hydrogen-bond acceptors (Lipinski definition) is 3. The number of ketones is 2. The van der Waals surface area contributed by atoms with Gasteiger partial charge in [0.05, 0.1) is 0 Å². The number of alkyl halides is 1. The molecule has 0 aromatic heterocycles. The predicted octanol–water partition coefficient (Wildman–Crippen LogP) is 2.69. The highest BCUT2D eigenvalue weighted by Crippen LogP contribution is 2.29. The molecule has 1 aliphatic rings. The molecule has 1 unspecified atom stereocenters. The summed E-state index contributed by atoms with van der Waals surface area (Å²) >= 11 is 5.59. The first kappa shape index (κ1) is 12.1. The van der Waals surface area contributed by atoms with Crippen LogP contribution in [0.1, 0.15) is 43.0 Å². The molecule has 1 aliphatic carbocycles. The Hall–Kier alpha value is -1.97. The Bertz CT molecular complexity index is 704. The van der Waals surface area contributed by atoms with Crippen LogP contribution in [0.5, 0.6) is 0 Å². The molecule has 4 heteroatoms. The summed E-state index contributed by atoms with van der Waals surface area (Å²) in [4.78, 5) is 24.6. The van der Waals surface area contributed by atoms with Crippen molar-refractivity contribution in [3.05, 3.63) is 70.3 Å². The summed E-state index contributed by atoms with van der Waals surface area (Å²) in [7, 11) is 0. The van der Waals surface area contributed by atoms with E-state index in [1.165, 1.54) is 12.1 Å². The maximum absolute atomic E-state index is 12.4. The molecule has 3 rings (SSSR count). The van der Waals surface area contributed by atoms with E-state index in [2.05, 4.69) is 0 Å². The Labute approximate surface area is 114 Å². The molecule has 0 radical (unpaired) electrons. The second kappa shape index (κ2) is 4.30. The third-order valence-electron chi connectivity index (χ3n) is 3.22. The lowest BCUT2D eigenvalue weighted by atomic mass is 9.83. The van der Waals surface area contributed by atoms with Crippen molar-refractivity contribution in [3.63, 3.8) is 0 Å². The van der Waals surface area contributed by atoms with Crippen LogP contribution in [-0.4, -0.2) is 16.7 Å². The Balaban J connectivity index is 2.24. The molecule has 0 saturated carbocycles. The van der Waals surface area contributed by atoms with Crippen LogP contribution < -0.4 is 0 Å². The monoisotopic (exact) mass is 272 g/mol. The zero-order chi connectivity index (χ0) is 13.6. The lowest BCUT2D eigenvalue weighted by molar-refractivity contribution is 0.0979.